The number of hydrogen-bond donors (Lipinski definition) is 1. The molecule has 2 unspecified atom stereocenters. The molecule has 25 heavy (non-hydrogen) atoms. The van der Waals surface area contributed by atoms with Crippen LogP contribution in [0.5, 0.6) is 0 Å². The zero-order valence-electron chi connectivity index (χ0n) is 13.8. The molecule has 2 aromatic rings. The topological polar surface area (TPSA) is 58.4 Å². The Morgan fingerprint density at radius 1 is 1.24 bits per heavy atom. The number of halogens is 2. The maximum absolute atomic E-state index is 13.3. The van der Waals surface area contributed by atoms with Crippen molar-refractivity contribution in [3.8, 4) is 11.3 Å². The molecule has 3 fully saturated rings. The fraction of sp³-hybridized carbons (Fsp3) is 0.444. The number of fused-ring (bicyclic) bond motifs is 3. The van der Waals surface area contributed by atoms with E-state index in [-0.39, 0.29) is 29.3 Å². The van der Waals surface area contributed by atoms with E-state index < -0.39 is 17.5 Å². The molecule has 5 nitrogen and oxygen atoms in total. The van der Waals surface area contributed by atoms with Gasteiger partial charge in [-0.05, 0) is 50.9 Å². The van der Waals surface area contributed by atoms with Crippen LogP contribution in [0.4, 0.5) is 8.78 Å². The third-order valence-corrected chi connectivity index (χ3v) is 5.32. The number of aromatic nitrogens is 1. The second kappa shape index (κ2) is 6.22. The molecule has 1 N–H and O–H groups in total. The van der Waals surface area contributed by atoms with E-state index in [9.17, 15) is 13.6 Å². The summed E-state index contributed by atoms with van der Waals surface area (Å²) in [5.41, 5.74) is 0.209. The summed E-state index contributed by atoms with van der Waals surface area (Å²) in [5.74, 6) is -1.28. The lowest BCUT2D eigenvalue weighted by atomic mass is 9.79. The van der Waals surface area contributed by atoms with Crippen molar-refractivity contribution in [3.63, 3.8) is 0 Å². The van der Waals surface area contributed by atoms with E-state index in [2.05, 4.69) is 22.1 Å². The molecule has 3 saturated heterocycles. The smallest absolute Gasteiger partial charge is 0.307 e. The summed E-state index contributed by atoms with van der Waals surface area (Å²) in [6, 6.07) is 3.41. The molecule has 7 heteroatoms. The van der Waals surface area contributed by atoms with Crippen LogP contribution in [0.1, 0.15) is 30.5 Å². The highest BCUT2D eigenvalue weighted by Gasteiger charge is 2.40. The molecule has 1 amide bonds. The van der Waals surface area contributed by atoms with Gasteiger partial charge in [0.15, 0.2) is 5.76 Å². The highest BCUT2D eigenvalue weighted by Crippen LogP contribution is 2.32. The number of hydrogen-bond acceptors (Lipinski definition) is 4. The number of piperidine rings is 3. The van der Waals surface area contributed by atoms with Gasteiger partial charge in [0.2, 0.25) is 0 Å². The van der Waals surface area contributed by atoms with Crippen LogP contribution in [0.25, 0.3) is 11.3 Å². The molecule has 0 radical (unpaired) electrons. The zero-order chi connectivity index (χ0) is 17.6. The van der Waals surface area contributed by atoms with Gasteiger partial charge in [-0.15, -0.1) is 0 Å². The van der Waals surface area contributed by atoms with Crippen molar-refractivity contribution >= 4 is 5.91 Å². The predicted molar refractivity (Wildman–Crippen MR) is 86.9 cm³/mol. The van der Waals surface area contributed by atoms with Crippen molar-refractivity contribution in [1.29, 1.82) is 0 Å². The molecule has 0 aliphatic carbocycles. The highest BCUT2D eigenvalue weighted by atomic mass is 19.1. The van der Waals surface area contributed by atoms with Crippen molar-refractivity contribution in [3.05, 3.63) is 41.9 Å². The van der Waals surface area contributed by atoms with E-state index in [1.54, 1.807) is 0 Å². The summed E-state index contributed by atoms with van der Waals surface area (Å²) >= 11 is 0. The molecule has 4 heterocycles. The Bertz CT molecular complexity index is 777. The summed E-state index contributed by atoms with van der Waals surface area (Å²) in [6.45, 7) is 4.27. The molecule has 132 valence electrons. The third kappa shape index (κ3) is 3.04. The van der Waals surface area contributed by atoms with Gasteiger partial charge in [0.1, 0.15) is 11.6 Å². The molecule has 2 bridgehead atoms. The van der Waals surface area contributed by atoms with E-state index in [0.717, 1.165) is 44.1 Å². The Balaban J connectivity index is 1.51. The van der Waals surface area contributed by atoms with E-state index in [0.29, 0.717) is 5.92 Å². The first kappa shape index (κ1) is 16.2. The lowest BCUT2D eigenvalue weighted by Crippen LogP contribution is -2.62. The van der Waals surface area contributed by atoms with Gasteiger partial charge in [-0.2, -0.15) is 0 Å². The molecule has 3 aliphatic heterocycles. The van der Waals surface area contributed by atoms with Gasteiger partial charge in [-0.25, -0.2) is 13.8 Å². The van der Waals surface area contributed by atoms with Gasteiger partial charge in [-0.3, -0.25) is 9.69 Å². The molecule has 0 saturated carbocycles. The summed E-state index contributed by atoms with van der Waals surface area (Å²) < 4.78 is 32.1. The number of nitrogens with zero attached hydrogens (tertiary/aromatic N) is 2. The Morgan fingerprint density at radius 2 is 1.92 bits per heavy atom. The number of oxazole rings is 1. The standard InChI is InChI=1S/C18H19F2N3O2/c1-10-16(11-2-4-23(10)5-3-11)22-17(24)18-21-9-15(25-18)12-6-13(19)8-14(20)7-12/h6-11,16H,2-5H2,1H3,(H,22,24). The number of carbonyl (C=O) groups is 1. The van der Waals surface area contributed by atoms with Crippen LogP contribution in [0.3, 0.4) is 0 Å². The predicted octanol–water partition coefficient (Wildman–Crippen LogP) is 2.83. The van der Waals surface area contributed by atoms with Gasteiger partial charge < -0.3 is 9.73 Å². The number of nitrogens with one attached hydrogen (secondary N) is 1. The van der Waals surface area contributed by atoms with Crippen molar-refractivity contribution in [1.82, 2.24) is 15.2 Å². The van der Waals surface area contributed by atoms with E-state index >= 15 is 0 Å². The molecular weight excluding hydrogens is 328 g/mol. The second-order valence-electron chi connectivity index (χ2n) is 6.80. The van der Waals surface area contributed by atoms with Crippen LogP contribution in [-0.4, -0.2) is 41.0 Å². The van der Waals surface area contributed by atoms with Crippen LogP contribution in [-0.2, 0) is 0 Å². The van der Waals surface area contributed by atoms with Crippen molar-refractivity contribution in [2.45, 2.75) is 31.8 Å². The Kier molecular flexibility index (Phi) is 4.03. The van der Waals surface area contributed by atoms with Gasteiger partial charge in [0.25, 0.3) is 5.89 Å². The monoisotopic (exact) mass is 347 g/mol. The molecule has 3 aliphatic rings. The van der Waals surface area contributed by atoms with Crippen LogP contribution in [0, 0.1) is 17.6 Å². The van der Waals surface area contributed by atoms with Gasteiger partial charge in [0, 0.05) is 23.7 Å². The Labute approximate surface area is 144 Å². The van der Waals surface area contributed by atoms with Gasteiger partial charge >= 0.3 is 5.91 Å². The average molecular weight is 347 g/mol. The zero-order valence-corrected chi connectivity index (χ0v) is 13.8. The number of rotatable bonds is 3. The summed E-state index contributed by atoms with van der Waals surface area (Å²) in [6.07, 6.45) is 3.46. The van der Waals surface area contributed by atoms with Crippen molar-refractivity contribution < 1.29 is 18.0 Å². The van der Waals surface area contributed by atoms with Crippen LogP contribution >= 0.6 is 0 Å². The molecule has 2 atom stereocenters. The SMILES string of the molecule is CC1C(NC(=O)c2ncc(-c3cc(F)cc(F)c3)o2)C2CCN1CC2. The minimum absolute atomic E-state index is 0.0666. The first-order chi connectivity index (χ1) is 12.0. The molecular formula is C18H19F2N3O2. The van der Waals surface area contributed by atoms with E-state index in [4.69, 9.17) is 4.42 Å². The summed E-state index contributed by atoms with van der Waals surface area (Å²) in [7, 11) is 0. The highest BCUT2D eigenvalue weighted by molar-refractivity contribution is 5.90. The fourth-order valence-electron chi connectivity index (χ4n) is 3.97. The van der Waals surface area contributed by atoms with Crippen molar-refractivity contribution in [2.24, 2.45) is 5.92 Å². The number of carbonyl (C=O) groups excluding carboxylic acids is 1. The van der Waals surface area contributed by atoms with E-state index in [1.165, 1.54) is 6.20 Å². The van der Waals surface area contributed by atoms with Crippen LogP contribution < -0.4 is 5.32 Å². The van der Waals surface area contributed by atoms with E-state index in [1.807, 2.05) is 0 Å². The first-order valence-corrected chi connectivity index (χ1v) is 8.48. The minimum atomic E-state index is -0.710. The maximum Gasteiger partial charge on any atom is 0.307 e. The summed E-state index contributed by atoms with van der Waals surface area (Å²) in [4.78, 5) is 18.8. The van der Waals surface area contributed by atoms with Crippen LogP contribution in [0.15, 0.2) is 28.8 Å². The Morgan fingerprint density at radius 3 is 2.56 bits per heavy atom. The molecule has 1 aromatic heterocycles. The lowest BCUT2D eigenvalue weighted by Gasteiger charge is -2.49. The maximum atomic E-state index is 13.3. The number of benzene rings is 1. The third-order valence-electron chi connectivity index (χ3n) is 5.32. The van der Waals surface area contributed by atoms with Gasteiger partial charge in [-0.1, -0.05) is 0 Å². The average Bonchev–Trinajstić information content (AvgIpc) is 3.08. The Hall–Kier alpha value is -2.28. The quantitative estimate of drug-likeness (QED) is 0.928. The summed E-state index contributed by atoms with van der Waals surface area (Å²) in [5, 5.41) is 3.02. The van der Waals surface area contributed by atoms with Crippen LogP contribution in [0.2, 0.25) is 0 Å². The molecule has 5 rings (SSSR count). The molecule has 0 spiro atoms. The second-order valence-corrected chi connectivity index (χ2v) is 6.80. The van der Waals surface area contributed by atoms with Crippen molar-refractivity contribution in [2.75, 3.05) is 13.1 Å². The fourth-order valence-corrected chi connectivity index (χ4v) is 3.97. The molecule has 1 aromatic carbocycles. The van der Waals surface area contributed by atoms with Gasteiger partial charge in [0.05, 0.1) is 6.20 Å². The number of amides is 1. The largest absolute Gasteiger partial charge is 0.432 e. The normalized spacial score (nSPS) is 28.1. The first-order valence-electron chi connectivity index (χ1n) is 8.48. The minimum Gasteiger partial charge on any atom is -0.432 e. The lowest BCUT2D eigenvalue weighted by molar-refractivity contribution is 0.0210.